The van der Waals surface area contributed by atoms with E-state index in [1.165, 1.54) is 12.5 Å². The van der Waals surface area contributed by atoms with Crippen LogP contribution in [0.1, 0.15) is 38.3 Å². The van der Waals surface area contributed by atoms with E-state index in [9.17, 15) is 14.4 Å². The molecule has 2 aromatic carbocycles. The highest BCUT2D eigenvalue weighted by molar-refractivity contribution is 9.09. The molecular weight excluding hydrogens is 474 g/mol. The van der Waals surface area contributed by atoms with E-state index < -0.39 is 23.4 Å². The van der Waals surface area contributed by atoms with Gasteiger partial charge in [-0.25, -0.2) is 9.59 Å². The molecule has 0 spiro atoms. The van der Waals surface area contributed by atoms with E-state index in [0.29, 0.717) is 5.56 Å². The summed E-state index contributed by atoms with van der Waals surface area (Å²) in [6.45, 7) is 4.68. The maximum Gasteiger partial charge on any atom is 0.344 e. The number of carbonyl (C=O) groups is 3. The second-order valence-corrected chi connectivity index (χ2v) is 8.14. The minimum atomic E-state index is -1.94. The van der Waals surface area contributed by atoms with Gasteiger partial charge in [0, 0.05) is 18.7 Å². The summed E-state index contributed by atoms with van der Waals surface area (Å²) in [5.74, 6) is -2.20. The summed E-state index contributed by atoms with van der Waals surface area (Å²) < 4.78 is 10.3. The quantitative estimate of drug-likeness (QED) is 0.282. The lowest BCUT2D eigenvalue weighted by Crippen LogP contribution is -2.62. The van der Waals surface area contributed by atoms with Crippen LogP contribution >= 0.6 is 15.9 Å². The standard InChI is InChI=1S/C25H30BrNO5/c1-4-31-23(29)25(27-18(3)28,24(30)32-5-2)17-19-12-14-21(15-13-19)22-11-7-6-9-20(22)10-8-16-26/h6-7,9,11-15H,4-5,8,10,16-17H2,1-3H3,(H,27,28). The van der Waals surface area contributed by atoms with E-state index in [2.05, 4.69) is 33.4 Å². The first-order valence-corrected chi connectivity index (χ1v) is 11.9. The summed E-state index contributed by atoms with van der Waals surface area (Å²) in [7, 11) is 0. The number of ether oxygens (including phenoxy) is 2. The zero-order chi connectivity index (χ0) is 23.6. The molecule has 7 heteroatoms. The van der Waals surface area contributed by atoms with Crippen LogP contribution in [0.15, 0.2) is 48.5 Å². The van der Waals surface area contributed by atoms with Crippen LogP contribution in [-0.2, 0) is 36.7 Å². The van der Waals surface area contributed by atoms with Crippen LogP contribution in [0.4, 0.5) is 0 Å². The summed E-state index contributed by atoms with van der Waals surface area (Å²) in [5, 5.41) is 3.43. The Morgan fingerprint density at radius 3 is 2.06 bits per heavy atom. The Hall–Kier alpha value is -2.67. The largest absolute Gasteiger partial charge is 0.464 e. The normalized spacial score (nSPS) is 11.0. The SMILES string of the molecule is CCOC(=O)C(Cc1ccc(-c2ccccc2CCCBr)cc1)(NC(C)=O)C(=O)OCC. The predicted octanol–water partition coefficient (Wildman–Crippen LogP) is 4.22. The molecule has 0 fully saturated rings. The second kappa shape index (κ2) is 12.4. The number of halogens is 1. The van der Waals surface area contributed by atoms with E-state index in [-0.39, 0.29) is 19.6 Å². The molecule has 0 radical (unpaired) electrons. The van der Waals surface area contributed by atoms with Crippen molar-refractivity contribution >= 4 is 33.8 Å². The molecule has 1 N–H and O–H groups in total. The molecule has 0 atom stereocenters. The molecule has 0 saturated carbocycles. The monoisotopic (exact) mass is 503 g/mol. The van der Waals surface area contributed by atoms with Crippen LogP contribution in [-0.4, -0.2) is 41.9 Å². The fraction of sp³-hybridized carbons (Fsp3) is 0.400. The van der Waals surface area contributed by atoms with Crippen LogP contribution in [0, 0.1) is 0 Å². The molecule has 0 aliphatic rings. The van der Waals surface area contributed by atoms with Gasteiger partial charge in [0.1, 0.15) is 0 Å². The van der Waals surface area contributed by atoms with Crippen molar-refractivity contribution in [1.82, 2.24) is 5.32 Å². The van der Waals surface area contributed by atoms with Crippen LogP contribution in [0.5, 0.6) is 0 Å². The highest BCUT2D eigenvalue weighted by Crippen LogP contribution is 2.27. The molecule has 0 heterocycles. The molecule has 0 aliphatic carbocycles. The summed E-state index contributed by atoms with van der Waals surface area (Å²) in [6.07, 6.45) is 1.92. The summed E-state index contributed by atoms with van der Waals surface area (Å²) in [6, 6.07) is 15.9. The van der Waals surface area contributed by atoms with Crippen molar-refractivity contribution < 1.29 is 23.9 Å². The summed E-state index contributed by atoms with van der Waals surface area (Å²) >= 11 is 3.48. The van der Waals surface area contributed by atoms with Gasteiger partial charge in [0.2, 0.25) is 11.4 Å². The fourth-order valence-corrected chi connectivity index (χ4v) is 3.85. The van der Waals surface area contributed by atoms with Gasteiger partial charge >= 0.3 is 11.9 Å². The van der Waals surface area contributed by atoms with Gasteiger partial charge in [-0.05, 0) is 48.9 Å². The van der Waals surface area contributed by atoms with Crippen molar-refractivity contribution in [2.24, 2.45) is 0 Å². The third-order valence-corrected chi connectivity index (χ3v) is 5.53. The van der Waals surface area contributed by atoms with Gasteiger partial charge in [-0.1, -0.05) is 64.5 Å². The van der Waals surface area contributed by atoms with Crippen LogP contribution < -0.4 is 5.32 Å². The number of benzene rings is 2. The molecule has 6 nitrogen and oxygen atoms in total. The van der Waals surface area contributed by atoms with E-state index in [0.717, 1.165) is 29.3 Å². The average molecular weight is 504 g/mol. The molecule has 1 amide bonds. The molecule has 0 bridgehead atoms. The number of esters is 2. The number of rotatable bonds is 11. The van der Waals surface area contributed by atoms with E-state index in [1.807, 2.05) is 36.4 Å². The van der Waals surface area contributed by atoms with Crippen LogP contribution in [0.3, 0.4) is 0 Å². The number of nitrogens with one attached hydrogen (secondary N) is 1. The van der Waals surface area contributed by atoms with Gasteiger partial charge in [-0.2, -0.15) is 0 Å². The van der Waals surface area contributed by atoms with E-state index >= 15 is 0 Å². The molecule has 32 heavy (non-hydrogen) atoms. The highest BCUT2D eigenvalue weighted by atomic mass is 79.9. The van der Waals surface area contributed by atoms with Gasteiger partial charge < -0.3 is 14.8 Å². The highest BCUT2D eigenvalue weighted by Gasteiger charge is 2.50. The molecule has 172 valence electrons. The van der Waals surface area contributed by atoms with Gasteiger partial charge in [0.25, 0.3) is 0 Å². The van der Waals surface area contributed by atoms with Crippen molar-refractivity contribution in [3.63, 3.8) is 0 Å². The first-order chi connectivity index (χ1) is 15.4. The zero-order valence-electron chi connectivity index (χ0n) is 18.8. The first kappa shape index (κ1) is 25.6. The molecular formula is C25H30BrNO5. The van der Waals surface area contributed by atoms with Gasteiger partial charge in [-0.15, -0.1) is 0 Å². The van der Waals surface area contributed by atoms with Crippen molar-refractivity contribution in [2.75, 3.05) is 18.5 Å². The van der Waals surface area contributed by atoms with E-state index in [1.54, 1.807) is 13.8 Å². The molecule has 0 aliphatic heterocycles. The number of carbonyl (C=O) groups excluding carboxylic acids is 3. The minimum Gasteiger partial charge on any atom is -0.464 e. The lowest BCUT2D eigenvalue weighted by atomic mass is 9.89. The Balaban J connectivity index is 2.39. The van der Waals surface area contributed by atoms with Crippen molar-refractivity contribution in [1.29, 1.82) is 0 Å². The zero-order valence-corrected chi connectivity index (χ0v) is 20.4. The number of amides is 1. The second-order valence-electron chi connectivity index (χ2n) is 7.35. The van der Waals surface area contributed by atoms with Crippen molar-refractivity contribution in [3.8, 4) is 11.1 Å². The Labute approximate surface area is 197 Å². The number of alkyl halides is 1. The summed E-state index contributed by atoms with van der Waals surface area (Å²) in [4.78, 5) is 37.5. The van der Waals surface area contributed by atoms with Gasteiger partial charge in [-0.3, -0.25) is 4.79 Å². The molecule has 0 saturated heterocycles. The Morgan fingerprint density at radius 2 is 1.53 bits per heavy atom. The molecule has 0 unspecified atom stereocenters. The minimum absolute atomic E-state index is 0.0731. The predicted molar refractivity (Wildman–Crippen MR) is 128 cm³/mol. The summed E-state index contributed by atoms with van der Waals surface area (Å²) in [5.41, 5.74) is 2.19. The number of hydrogen-bond acceptors (Lipinski definition) is 5. The third-order valence-electron chi connectivity index (χ3n) is 4.97. The Bertz CT molecular complexity index is 908. The average Bonchev–Trinajstić information content (AvgIpc) is 2.78. The first-order valence-electron chi connectivity index (χ1n) is 10.7. The maximum absolute atomic E-state index is 12.8. The topological polar surface area (TPSA) is 81.7 Å². The van der Waals surface area contributed by atoms with Crippen molar-refractivity contribution in [2.45, 2.75) is 45.6 Å². The van der Waals surface area contributed by atoms with Gasteiger partial charge in [0.05, 0.1) is 13.2 Å². The lowest BCUT2D eigenvalue weighted by Gasteiger charge is -2.29. The molecule has 2 aromatic rings. The Kier molecular flexibility index (Phi) is 9.91. The maximum atomic E-state index is 12.8. The molecule has 2 rings (SSSR count). The van der Waals surface area contributed by atoms with Crippen LogP contribution in [0.2, 0.25) is 0 Å². The fourth-order valence-electron chi connectivity index (χ4n) is 3.57. The lowest BCUT2D eigenvalue weighted by molar-refractivity contribution is -0.168. The van der Waals surface area contributed by atoms with Crippen LogP contribution in [0.25, 0.3) is 11.1 Å². The van der Waals surface area contributed by atoms with E-state index in [4.69, 9.17) is 9.47 Å². The number of hydrogen-bond donors (Lipinski definition) is 1. The number of aryl methyl sites for hydroxylation is 1. The Morgan fingerprint density at radius 1 is 0.938 bits per heavy atom. The molecule has 0 aromatic heterocycles. The smallest absolute Gasteiger partial charge is 0.344 e. The van der Waals surface area contributed by atoms with Gasteiger partial charge in [0.15, 0.2) is 0 Å². The third kappa shape index (κ3) is 6.42. The van der Waals surface area contributed by atoms with Crippen molar-refractivity contribution in [3.05, 3.63) is 59.7 Å².